The Morgan fingerprint density at radius 1 is 1.03 bits per heavy atom. The van der Waals surface area contributed by atoms with E-state index in [1.807, 2.05) is 75.4 Å². The molecule has 0 atom stereocenters. The van der Waals surface area contributed by atoms with E-state index < -0.39 is 5.91 Å². The van der Waals surface area contributed by atoms with Crippen molar-refractivity contribution in [3.8, 4) is 17.6 Å². The summed E-state index contributed by atoms with van der Waals surface area (Å²) < 4.78 is 12.4. The van der Waals surface area contributed by atoms with Crippen LogP contribution in [-0.2, 0) is 11.4 Å². The van der Waals surface area contributed by atoms with Gasteiger partial charge >= 0.3 is 0 Å². The van der Waals surface area contributed by atoms with Crippen LogP contribution in [0.3, 0.4) is 0 Å². The number of ether oxygens (including phenoxy) is 2. The highest BCUT2D eigenvalue weighted by Gasteiger charge is 2.14. The molecular formula is C27H25BrN2O3. The molecule has 0 aliphatic carbocycles. The van der Waals surface area contributed by atoms with Gasteiger partial charge in [0.25, 0.3) is 5.91 Å². The number of halogens is 1. The molecule has 1 amide bonds. The first kappa shape index (κ1) is 24.1. The molecule has 0 fully saturated rings. The van der Waals surface area contributed by atoms with Crippen molar-refractivity contribution in [1.82, 2.24) is 0 Å². The van der Waals surface area contributed by atoms with Gasteiger partial charge in [0, 0.05) is 10.2 Å². The smallest absolute Gasteiger partial charge is 0.266 e. The summed E-state index contributed by atoms with van der Waals surface area (Å²) >= 11 is 3.53. The van der Waals surface area contributed by atoms with Crippen molar-refractivity contribution in [2.24, 2.45) is 0 Å². The summed E-state index contributed by atoms with van der Waals surface area (Å²) in [6.07, 6.45) is 1.53. The number of nitriles is 1. The van der Waals surface area contributed by atoms with Gasteiger partial charge in [0.15, 0.2) is 11.5 Å². The predicted molar refractivity (Wildman–Crippen MR) is 134 cm³/mol. The van der Waals surface area contributed by atoms with Crippen LogP contribution in [0.25, 0.3) is 6.08 Å². The van der Waals surface area contributed by atoms with Gasteiger partial charge in [0.05, 0.1) is 6.61 Å². The summed E-state index contributed by atoms with van der Waals surface area (Å²) in [6, 6.07) is 21.0. The van der Waals surface area contributed by atoms with Crippen LogP contribution in [0.15, 0.2) is 70.7 Å². The number of hydrogen-bond donors (Lipinski definition) is 1. The number of amides is 1. The van der Waals surface area contributed by atoms with Crippen molar-refractivity contribution in [1.29, 1.82) is 5.26 Å². The second kappa shape index (κ2) is 11.3. The topological polar surface area (TPSA) is 71.3 Å². The van der Waals surface area contributed by atoms with Crippen molar-refractivity contribution in [2.75, 3.05) is 11.9 Å². The first-order chi connectivity index (χ1) is 15.9. The van der Waals surface area contributed by atoms with Crippen molar-refractivity contribution < 1.29 is 14.3 Å². The zero-order valence-corrected chi connectivity index (χ0v) is 20.4. The van der Waals surface area contributed by atoms with E-state index in [1.165, 1.54) is 6.08 Å². The lowest BCUT2D eigenvalue weighted by molar-refractivity contribution is -0.112. The standard InChI is InChI=1S/C27H25BrN2O3/c1-4-32-25-14-21(24(28)15-26(25)33-17-20-8-6-5-7-9-20)13-22(16-29)27(31)30-23-11-10-18(2)19(3)12-23/h5-15H,4,17H2,1-3H3,(H,30,31)/b22-13+. The van der Waals surface area contributed by atoms with E-state index in [9.17, 15) is 10.1 Å². The molecule has 0 heterocycles. The Hall–Kier alpha value is -3.56. The Morgan fingerprint density at radius 3 is 2.42 bits per heavy atom. The van der Waals surface area contributed by atoms with Gasteiger partial charge in [-0.15, -0.1) is 0 Å². The fourth-order valence-electron chi connectivity index (χ4n) is 3.10. The van der Waals surface area contributed by atoms with Crippen LogP contribution in [0, 0.1) is 25.2 Å². The summed E-state index contributed by atoms with van der Waals surface area (Å²) in [5.74, 6) is 0.632. The molecule has 3 aromatic carbocycles. The molecule has 33 heavy (non-hydrogen) atoms. The van der Waals surface area contributed by atoms with E-state index in [0.29, 0.717) is 40.4 Å². The Balaban J connectivity index is 1.85. The van der Waals surface area contributed by atoms with E-state index in [1.54, 1.807) is 12.1 Å². The summed E-state index contributed by atoms with van der Waals surface area (Å²) in [7, 11) is 0. The summed E-state index contributed by atoms with van der Waals surface area (Å²) in [5.41, 5.74) is 4.49. The number of carbonyl (C=O) groups is 1. The van der Waals surface area contributed by atoms with Gasteiger partial charge < -0.3 is 14.8 Å². The first-order valence-corrected chi connectivity index (χ1v) is 11.3. The largest absolute Gasteiger partial charge is 0.490 e. The first-order valence-electron chi connectivity index (χ1n) is 10.5. The molecule has 6 heteroatoms. The van der Waals surface area contributed by atoms with Crippen molar-refractivity contribution in [3.05, 3.63) is 93.0 Å². The number of nitrogens with one attached hydrogen (secondary N) is 1. The minimum Gasteiger partial charge on any atom is -0.490 e. The molecule has 5 nitrogen and oxygen atoms in total. The van der Waals surface area contributed by atoms with Crippen molar-refractivity contribution in [3.63, 3.8) is 0 Å². The highest BCUT2D eigenvalue weighted by molar-refractivity contribution is 9.10. The van der Waals surface area contributed by atoms with Crippen LogP contribution < -0.4 is 14.8 Å². The highest BCUT2D eigenvalue weighted by atomic mass is 79.9. The van der Waals surface area contributed by atoms with Gasteiger partial charge in [-0.1, -0.05) is 52.3 Å². The number of rotatable bonds is 8. The Labute approximate surface area is 202 Å². The number of aryl methyl sites for hydroxylation is 2. The molecule has 1 N–H and O–H groups in total. The third kappa shape index (κ3) is 6.47. The van der Waals surface area contributed by atoms with E-state index in [4.69, 9.17) is 9.47 Å². The lowest BCUT2D eigenvalue weighted by Gasteiger charge is -2.14. The average Bonchev–Trinajstić information content (AvgIpc) is 2.81. The fourth-order valence-corrected chi connectivity index (χ4v) is 3.54. The normalized spacial score (nSPS) is 10.9. The molecule has 0 saturated carbocycles. The van der Waals surface area contributed by atoms with Crippen LogP contribution in [0.5, 0.6) is 11.5 Å². The van der Waals surface area contributed by atoms with E-state index >= 15 is 0 Å². The molecule has 3 rings (SSSR count). The maximum absolute atomic E-state index is 12.7. The van der Waals surface area contributed by atoms with Crippen LogP contribution in [0.2, 0.25) is 0 Å². The minimum absolute atomic E-state index is 0.0191. The number of carbonyl (C=O) groups excluding carboxylic acids is 1. The van der Waals surface area contributed by atoms with Gasteiger partial charge in [-0.25, -0.2) is 0 Å². The minimum atomic E-state index is -0.477. The van der Waals surface area contributed by atoms with Crippen LogP contribution in [-0.4, -0.2) is 12.5 Å². The average molecular weight is 505 g/mol. The maximum Gasteiger partial charge on any atom is 0.266 e. The summed E-state index contributed by atoms with van der Waals surface area (Å²) in [5, 5.41) is 12.4. The van der Waals surface area contributed by atoms with Crippen molar-refractivity contribution >= 4 is 33.6 Å². The van der Waals surface area contributed by atoms with E-state index in [2.05, 4.69) is 21.2 Å². The summed E-state index contributed by atoms with van der Waals surface area (Å²) in [4.78, 5) is 12.7. The fraction of sp³-hybridized carbons (Fsp3) is 0.185. The Bertz CT molecular complexity index is 1210. The van der Waals surface area contributed by atoms with E-state index in [0.717, 1.165) is 16.7 Å². The zero-order valence-electron chi connectivity index (χ0n) is 18.8. The van der Waals surface area contributed by atoms with Crippen LogP contribution in [0.4, 0.5) is 5.69 Å². The molecule has 0 unspecified atom stereocenters. The van der Waals surface area contributed by atoms with Crippen LogP contribution >= 0.6 is 15.9 Å². The molecule has 0 bridgehead atoms. The van der Waals surface area contributed by atoms with Crippen LogP contribution in [0.1, 0.15) is 29.2 Å². The number of hydrogen-bond acceptors (Lipinski definition) is 4. The second-order valence-electron chi connectivity index (χ2n) is 7.45. The zero-order chi connectivity index (χ0) is 23.8. The molecular weight excluding hydrogens is 480 g/mol. The molecule has 3 aromatic rings. The molecule has 0 radical (unpaired) electrons. The van der Waals surface area contributed by atoms with Gasteiger partial charge in [0.1, 0.15) is 18.2 Å². The quantitative estimate of drug-likeness (QED) is 0.277. The number of benzene rings is 3. The Morgan fingerprint density at radius 2 is 1.76 bits per heavy atom. The van der Waals surface area contributed by atoms with Gasteiger partial charge in [-0.05, 0) is 73.4 Å². The molecule has 0 aliphatic heterocycles. The number of anilines is 1. The lowest BCUT2D eigenvalue weighted by atomic mass is 10.1. The Kier molecular flexibility index (Phi) is 8.28. The van der Waals surface area contributed by atoms with Gasteiger partial charge in [-0.3, -0.25) is 4.79 Å². The molecule has 0 aromatic heterocycles. The third-order valence-electron chi connectivity index (χ3n) is 5.03. The molecule has 0 saturated heterocycles. The third-order valence-corrected chi connectivity index (χ3v) is 5.72. The van der Waals surface area contributed by atoms with Gasteiger partial charge in [-0.2, -0.15) is 5.26 Å². The second-order valence-corrected chi connectivity index (χ2v) is 8.31. The SMILES string of the molecule is CCOc1cc(/C=C(\C#N)C(=O)Nc2ccc(C)c(C)c2)c(Br)cc1OCc1ccccc1. The molecule has 0 spiro atoms. The maximum atomic E-state index is 12.7. The summed E-state index contributed by atoms with van der Waals surface area (Å²) in [6.45, 7) is 6.70. The van der Waals surface area contributed by atoms with Gasteiger partial charge in [0.2, 0.25) is 0 Å². The van der Waals surface area contributed by atoms with Crippen molar-refractivity contribution in [2.45, 2.75) is 27.4 Å². The monoisotopic (exact) mass is 504 g/mol. The predicted octanol–water partition coefficient (Wildman–Crippen LogP) is 6.59. The number of nitrogens with zero attached hydrogens (tertiary/aromatic N) is 1. The lowest BCUT2D eigenvalue weighted by Crippen LogP contribution is -2.13. The van der Waals surface area contributed by atoms with E-state index in [-0.39, 0.29) is 5.57 Å². The molecule has 168 valence electrons. The molecule has 0 aliphatic rings. The highest BCUT2D eigenvalue weighted by Crippen LogP contribution is 2.35.